The normalized spacial score (nSPS) is 24.9. The smallest absolute Gasteiger partial charge is 0.307 e. The number of unbranched alkanes of at least 4 members (excludes halogenated alkanes) is 5. The van der Waals surface area contributed by atoms with Gasteiger partial charge in [0.05, 0.1) is 42.4 Å². The number of Topliss-reactive ketones (excluding diaryl/α,β-unsaturated/α-hetero) is 1. The van der Waals surface area contributed by atoms with Crippen molar-refractivity contribution < 1.29 is 167 Å². The summed E-state index contributed by atoms with van der Waals surface area (Å²) in [5.41, 5.74) is 0. The van der Waals surface area contributed by atoms with Gasteiger partial charge in [0.1, 0.15) is 81.0 Å². The van der Waals surface area contributed by atoms with Crippen LogP contribution in [0.2, 0.25) is 0 Å². The van der Waals surface area contributed by atoms with Gasteiger partial charge in [0.25, 0.3) is 5.91 Å². The molecule has 0 aromatic rings. The van der Waals surface area contributed by atoms with Gasteiger partial charge in [-0.05, 0) is 57.8 Å². The molecule has 0 radical (unpaired) electrons. The highest BCUT2D eigenvalue weighted by molar-refractivity contribution is 8.39. The Labute approximate surface area is 809 Å². The summed E-state index contributed by atoms with van der Waals surface area (Å²) in [6.07, 6.45) is -11.3. The number of rotatable bonds is 60. The Morgan fingerprint density at radius 3 is 1.00 bits per heavy atom. The Balaban J connectivity index is 1.71. The highest BCUT2D eigenvalue weighted by atomic mass is 32.9. The van der Waals surface area contributed by atoms with Crippen LogP contribution in [0.3, 0.4) is 0 Å². The minimum Gasteiger partial charge on any atom is -0.463 e. The zero-order valence-electron chi connectivity index (χ0n) is 81.9. The van der Waals surface area contributed by atoms with Crippen molar-refractivity contribution in [1.29, 1.82) is 0 Å². The number of hydrogen-bond donors (Lipinski definition) is 7. The molecule has 0 spiro atoms. The molecule has 0 aromatic heterocycles. The molecule has 22 atom stereocenters. The number of nitrogens with one attached hydrogen (secondary N) is 6. The Morgan fingerprint density at radius 1 is 0.365 bits per heavy atom. The molecule has 4 aliphatic rings. The summed E-state index contributed by atoms with van der Waals surface area (Å²) >= 11 is 5.19. The molecule has 4 rings (SSSR count). The van der Waals surface area contributed by atoms with E-state index in [0.717, 1.165) is 0 Å². The van der Waals surface area contributed by atoms with Crippen LogP contribution in [0, 0.1) is 23.7 Å². The van der Waals surface area contributed by atoms with Gasteiger partial charge in [-0.2, -0.15) is 0 Å². The average Bonchev–Trinajstić information content (AvgIpc) is 0.809. The highest BCUT2D eigenvalue weighted by Gasteiger charge is 2.52. The Morgan fingerprint density at radius 2 is 0.679 bits per heavy atom. The first kappa shape index (κ1) is 120. The Kier molecular flexibility index (Phi) is 55.6. The van der Waals surface area contributed by atoms with E-state index in [0.29, 0.717) is 19.3 Å². The monoisotopic (exact) mass is 2010 g/mol. The van der Waals surface area contributed by atoms with Crippen molar-refractivity contribution >= 4 is 141 Å². The van der Waals surface area contributed by atoms with Crippen molar-refractivity contribution in [3.8, 4) is 0 Å². The third-order valence-corrected chi connectivity index (χ3v) is 24.5. The number of amides is 9. The van der Waals surface area contributed by atoms with Crippen LogP contribution < -0.4 is 31.9 Å². The number of esters is 9. The first-order valence-electron chi connectivity index (χ1n) is 46.7. The predicted octanol–water partition coefficient (Wildman–Crippen LogP) is 2.24. The van der Waals surface area contributed by atoms with Crippen LogP contribution in [0.25, 0.3) is 0 Å². The van der Waals surface area contributed by atoms with Crippen LogP contribution in [-0.2, 0) is 187 Å². The maximum absolute atomic E-state index is 15.3. The van der Waals surface area contributed by atoms with E-state index in [1.165, 1.54) is 97.8 Å². The van der Waals surface area contributed by atoms with Crippen LogP contribution >= 0.6 is 8.02 Å². The second-order valence-electron chi connectivity index (χ2n) is 34.5. The van der Waals surface area contributed by atoms with E-state index < -0.39 is 244 Å². The van der Waals surface area contributed by atoms with Crippen molar-refractivity contribution in [3.05, 3.63) is 0 Å². The fourth-order valence-electron chi connectivity index (χ4n) is 16.4. The number of ketones is 1. The molecule has 0 aliphatic carbocycles. The lowest BCUT2D eigenvalue weighted by Gasteiger charge is -2.45. The lowest BCUT2D eigenvalue weighted by molar-refractivity contribution is -0.262. The van der Waals surface area contributed by atoms with Gasteiger partial charge in [0.15, 0.2) is 25.0 Å². The summed E-state index contributed by atoms with van der Waals surface area (Å²) in [7, 11) is 2.04. The highest BCUT2D eigenvalue weighted by Crippen LogP contribution is 2.36. The van der Waals surface area contributed by atoms with E-state index in [-0.39, 0.29) is 200 Å². The molecule has 44 nitrogen and oxygen atoms in total. The van der Waals surface area contributed by atoms with Gasteiger partial charge < -0.3 is 122 Å². The lowest BCUT2D eigenvalue weighted by atomic mass is 9.83. The molecule has 4 fully saturated rings. The van der Waals surface area contributed by atoms with Crippen LogP contribution in [0.4, 0.5) is 0 Å². The van der Waals surface area contributed by atoms with E-state index in [2.05, 4.69) is 39.9 Å². The van der Waals surface area contributed by atoms with Gasteiger partial charge in [-0.15, -0.1) is 8.63 Å². The maximum atomic E-state index is 15.3. The molecule has 0 saturated carbocycles. The quantitative estimate of drug-likeness (QED) is 0.0151. The molecular formula is C90H146N9O35PS2. The third-order valence-electron chi connectivity index (χ3n) is 23.0. The van der Waals surface area contributed by atoms with Gasteiger partial charge >= 0.3 is 53.7 Å². The van der Waals surface area contributed by atoms with Crippen molar-refractivity contribution in [2.24, 2.45) is 23.7 Å². The molecular weight excluding hydrogens is 1860 g/mol. The van der Waals surface area contributed by atoms with Crippen LogP contribution in [0.1, 0.15) is 227 Å². The van der Waals surface area contributed by atoms with E-state index in [4.69, 9.17) is 87.0 Å². The molecule has 10 unspecified atom stereocenters. The molecule has 137 heavy (non-hydrogen) atoms. The molecule has 6 N–H and O–H groups in total. The van der Waals surface area contributed by atoms with Crippen molar-refractivity contribution in [2.45, 2.75) is 331 Å². The fraction of sp³-hybridized carbons (Fsp3) is 0.789. The summed E-state index contributed by atoms with van der Waals surface area (Å²) in [6.45, 7) is 20.6. The zero-order chi connectivity index (χ0) is 102. The van der Waals surface area contributed by atoms with Gasteiger partial charge in [-0.25, -0.2) is 0 Å². The molecule has 4 aliphatic heterocycles. The van der Waals surface area contributed by atoms with Gasteiger partial charge in [0.2, 0.25) is 47.3 Å². The van der Waals surface area contributed by atoms with Crippen molar-refractivity contribution in [1.82, 2.24) is 46.6 Å². The average molecular weight is 2010 g/mol. The lowest BCUT2D eigenvalue weighted by Crippen LogP contribution is -2.62. The SMILES string of the molecule is CCC(OC(=O)CCC(=O)C[SH](=P)=S)C(=O)N(CCN(CCNC(=O)CCCCO[C@@H]1OC(COC(C)=O)[C@H](OC(C)=O)[C@H](C)C1NC(C)=O)C(=O)CCCCC[C@@H]1OC(COC(C)=O)[C@H](OC(C)=O)[C@H](C)C1NC(C)=O)CCN(CCNC(=O)CCCCO[C@@H]1OC(COC(C)=O)[C@H](OC(C)=O)[C@H](C)C1NC(C)=O)C(=O)CCCCO[C@@H]1OC(COC(C)=O)[C@H](OC(C)=O)[C@H](C)C1NC(C)=O. The standard InChI is InChI=1S/C90H146N9O35PS2/c1-18-68(131-78(117)34-33-67(112)50-137(135)136)87(118)99(41-39-97(76(115)31-21-19-20-28-69-79(93-55(6)100)51(2)83(126-63(14)108)70(130-69)46-122-59(10)104)37-35-91-74(113)29-22-25-43-119-88-80(94-56(7)101)52(3)84(127-64(15)109)71(132-88)47-123-60(11)105)42-40-98(77(116)32-24-27-45-121-90-82(96-58(9)103)54(5)86(129-66(17)111)73(134-90)49-125-62(13)107)38-36-92-75(114)30-23-26-44-120-89-81(95-57(8)102)53(4)85(128-65(16)110)72(133-89)48-124-61(12)106/h51-54,68-73,79-86,88-90,135,137H,18-50H2,1-17H3,(H,91,113)(H,92,114)(H,93,100)(H,94,101)(H,95,102)(H,96,103)/t51-,52-,53-,54-,68?,69+,70?,71?,72?,73?,79?,80?,81?,82?,83-,84-,85-,86-,88-,89-,90-/m1/s1. The number of ether oxygens (including phenoxy) is 16. The molecule has 0 bridgehead atoms. The molecule has 778 valence electrons. The number of nitrogens with zero attached hydrogens (tertiary/aromatic N) is 3. The molecule has 47 heteroatoms. The van der Waals surface area contributed by atoms with E-state index >= 15 is 4.79 Å². The second kappa shape index (κ2) is 63.4. The number of hydrogen-bond acceptors (Lipinski definition) is 36. The van der Waals surface area contributed by atoms with E-state index in [9.17, 15) is 86.3 Å². The zero-order valence-corrected chi connectivity index (χ0v) is 84.7. The summed E-state index contributed by atoms with van der Waals surface area (Å²) < 4.78 is 92.7. The maximum Gasteiger partial charge on any atom is 0.307 e. The Bertz CT molecular complexity index is 3860. The first-order chi connectivity index (χ1) is 64.7. The van der Waals surface area contributed by atoms with Gasteiger partial charge in [-0.3, -0.25) is 91.1 Å². The fourth-order valence-corrected chi connectivity index (χ4v) is 17.8. The molecule has 4 heterocycles. The molecule has 9 amide bonds. The minimum atomic E-state index is -1.48. The largest absolute Gasteiger partial charge is 0.463 e. The third kappa shape index (κ3) is 45.7. The summed E-state index contributed by atoms with van der Waals surface area (Å²) in [4.78, 5) is 250. The van der Waals surface area contributed by atoms with Gasteiger partial charge in [-0.1, -0.05) is 66.7 Å². The summed E-state index contributed by atoms with van der Waals surface area (Å²) in [6, 6.07) is -3.19. The number of carbonyl (C=O) groups is 19. The molecule has 0 aromatic carbocycles. The summed E-state index contributed by atoms with van der Waals surface area (Å²) in [5.74, 6) is -12.8. The number of thiol groups is 1. The van der Waals surface area contributed by atoms with Crippen molar-refractivity contribution in [3.63, 3.8) is 0 Å². The van der Waals surface area contributed by atoms with Crippen LogP contribution in [-0.4, -0.2) is 336 Å². The van der Waals surface area contributed by atoms with Crippen molar-refractivity contribution in [2.75, 3.05) is 104 Å². The van der Waals surface area contributed by atoms with Gasteiger partial charge in [0, 0.05) is 211 Å². The van der Waals surface area contributed by atoms with E-state index in [1.54, 1.807) is 34.6 Å². The number of carbonyl (C=O) groups excluding carboxylic acids is 19. The first-order valence-corrected chi connectivity index (χ1v) is 50.6. The molecule has 4 saturated heterocycles. The Hall–Kier alpha value is -9.28. The minimum absolute atomic E-state index is 0.00724. The van der Waals surface area contributed by atoms with Crippen LogP contribution in [0.15, 0.2) is 0 Å². The summed E-state index contributed by atoms with van der Waals surface area (Å²) in [5, 5.41) is 17.0. The van der Waals surface area contributed by atoms with Crippen LogP contribution in [0.5, 0.6) is 0 Å². The predicted molar refractivity (Wildman–Crippen MR) is 492 cm³/mol. The van der Waals surface area contributed by atoms with E-state index in [1.807, 2.05) is 0 Å². The topological polar surface area (TPSA) is 554 Å². The second-order valence-corrected chi connectivity index (χ2v) is 39.5.